The molecule has 0 atom stereocenters. The van der Waals surface area contributed by atoms with Gasteiger partial charge in [-0.15, -0.1) is 11.3 Å². The Morgan fingerprint density at radius 3 is 2.52 bits per heavy atom. The van der Waals surface area contributed by atoms with Gasteiger partial charge in [-0.05, 0) is 34.4 Å². The van der Waals surface area contributed by atoms with E-state index < -0.39 is 11.5 Å². The summed E-state index contributed by atoms with van der Waals surface area (Å²) in [5.41, 5.74) is 2.09. The topological polar surface area (TPSA) is 74.8 Å². The van der Waals surface area contributed by atoms with Crippen LogP contribution in [0.3, 0.4) is 0 Å². The lowest BCUT2D eigenvalue weighted by atomic mass is 10.1. The lowest BCUT2D eigenvalue weighted by Gasteiger charge is -2.03. The maximum atomic E-state index is 12.6. The third-order valence-electron chi connectivity index (χ3n) is 4.77. The van der Waals surface area contributed by atoms with Gasteiger partial charge in [0.05, 0.1) is 5.69 Å². The molecule has 6 heteroatoms. The zero-order valence-electron chi connectivity index (χ0n) is 15.2. The molecule has 5 aromatic rings. The van der Waals surface area contributed by atoms with Crippen LogP contribution in [0, 0.1) is 0 Å². The van der Waals surface area contributed by atoms with Crippen LogP contribution in [0.5, 0.6) is 0 Å². The molecule has 0 radical (unpaired) electrons. The number of para-hydroxylation sites is 1. The fourth-order valence-electron chi connectivity index (χ4n) is 3.29. The van der Waals surface area contributed by atoms with Crippen LogP contribution in [0.4, 0.5) is 5.13 Å². The van der Waals surface area contributed by atoms with Crippen LogP contribution in [0.2, 0.25) is 0 Å². The van der Waals surface area contributed by atoms with E-state index in [0.29, 0.717) is 10.6 Å². The Labute approximate surface area is 169 Å². The number of carbonyl (C=O) groups is 1. The Morgan fingerprint density at radius 1 is 0.897 bits per heavy atom. The molecule has 2 N–H and O–H groups in total. The summed E-state index contributed by atoms with van der Waals surface area (Å²) in [7, 11) is 0. The summed E-state index contributed by atoms with van der Waals surface area (Å²) in [6.07, 6.45) is 0. The average molecular weight is 397 g/mol. The van der Waals surface area contributed by atoms with Gasteiger partial charge in [0.25, 0.3) is 11.5 Å². The van der Waals surface area contributed by atoms with Crippen molar-refractivity contribution in [3.8, 4) is 11.3 Å². The summed E-state index contributed by atoms with van der Waals surface area (Å²) in [6, 6.07) is 23.2. The third kappa shape index (κ3) is 3.30. The fraction of sp³-hybridized carbons (Fsp3) is 0. The molecule has 0 spiro atoms. The maximum Gasteiger partial charge on any atom is 0.263 e. The van der Waals surface area contributed by atoms with E-state index in [1.54, 1.807) is 12.1 Å². The van der Waals surface area contributed by atoms with Crippen molar-refractivity contribution in [3.63, 3.8) is 0 Å². The molecule has 2 heterocycles. The molecule has 0 saturated carbocycles. The molecule has 0 aliphatic carbocycles. The normalized spacial score (nSPS) is 11.0. The van der Waals surface area contributed by atoms with Gasteiger partial charge in [-0.25, -0.2) is 4.98 Å². The van der Waals surface area contributed by atoms with Crippen molar-refractivity contribution in [3.05, 3.63) is 94.1 Å². The van der Waals surface area contributed by atoms with Crippen LogP contribution in [-0.4, -0.2) is 15.9 Å². The van der Waals surface area contributed by atoms with E-state index >= 15 is 0 Å². The monoisotopic (exact) mass is 397 g/mol. The van der Waals surface area contributed by atoms with Crippen molar-refractivity contribution in [1.29, 1.82) is 0 Å². The van der Waals surface area contributed by atoms with E-state index in [2.05, 4.69) is 39.6 Å². The molecule has 1 amide bonds. The van der Waals surface area contributed by atoms with E-state index in [9.17, 15) is 9.59 Å². The predicted octanol–water partition coefficient (Wildman–Crippen LogP) is 5.06. The van der Waals surface area contributed by atoms with Crippen molar-refractivity contribution < 1.29 is 4.79 Å². The Bertz CT molecular complexity index is 1440. The zero-order valence-corrected chi connectivity index (χ0v) is 16.0. The highest BCUT2D eigenvalue weighted by Crippen LogP contribution is 2.28. The van der Waals surface area contributed by atoms with Gasteiger partial charge in [0.1, 0.15) is 5.56 Å². The fourth-order valence-corrected chi connectivity index (χ4v) is 4.01. The van der Waals surface area contributed by atoms with Crippen molar-refractivity contribution in [2.75, 3.05) is 5.32 Å². The zero-order chi connectivity index (χ0) is 19.8. The number of H-pyrrole nitrogens is 1. The highest BCUT2D eigenvalue weighted by atomic mass is 32.1. The van der Waals surface area contributed by atoms with E-state index in [-0.39, 0.29) is 5.56 Å². The second kappa shape index (κ2) is 7.00. The Morgan fingerprint density at radius 2 is 1.66 bits per heavy atom. The average Bonchev–Trinajstić information content (AvgIpc) is 3.21. The number of hydrogen-bond acceptors (Lipinski definition) is 4. The molecule has 0 saturated heterocycles. The molecule has 0 aliphatic heterocycles. The molecule has 0 unspecified atom stereocenters. The van der Waals surface area contributed by atoms with Crippen LogP contribution in [0.15, 0.2) is 83.0 Å². The first-order valence-corrected chi connectivity index (χ1v) is 9.93. The summed E-state index contributed by atoms with van der Waals surface area (Å²) in [5.74, 6) is -0.476. The van der Waals surface area contributed by atoms with Gasteiger partial charge in [-0.3, -0.25) is 14.9 Å². The first kappa shape index (κ1) is 17.3. The second-order valence-electron chi connectivity index (χ2n) is 6.65. The lowest BCUT2D eigenvalue weighted by molar-refractivity contribution is 0.102. The molecular weight excluding hydrogens is 382 g/mol. The SMILES string of the molecule is O=C(Nc1nc(-c2ccc3ccccc3c2)cs1)c1cc2ccccc2[nH]c1=O. The van der Waals surface area contributed by atoms with Crippen molar-refractivity contribution in [2.45, 2.75) is 0 Å². The van der Waals surface area contributed by atoms with Crippen molar-refractivity contribution in [2.24, 2.45) is 0 Å². The quantitative estimate of drug-likeness (QED) is 0.447. The maximum absolute atomic E-state index is 12.6. The Balaban J connectivity index is 1.43. The van der Waals surface area contributed by atoms with Crippen molar-refractivity contribution >= 4 is 44.1 Å². The van der Waals surface area contributed by atoms with Gasteiger partial charge in [-0.1, -0.05) is 54.6 Å². The number of anilines is 1. The molecule has 5 nitrogen and oxygen atoms in total. The first-order valence-electron chi connectivity index (χ1n) is 9.05. The standard InChI is InChI=1S/C23H15N3O2S/c27-21-18(12-16-7-3-4-8-19(16)24-21)22(28)26-23-25-20(13-29-23)17-10-9-14-5-1-2-6-15(14)11-17/h1-13H,(H,24,27)(H,25,26,28). The van der Waals surface area contributed by atoms with Crippen LogP contribution >= 0.6 is 11.3 Å². The van der Waals surface area contributed by atoms with Gasteiger partial charge < -0.3 is 4.98 Å². The molecule has 140 valence electrons. The summed E-state index contributed by atoms with van der Waals surface area (Å²) in [4.78, 5) is 32.2. The summed E-state index contributed by atoms with van der Waals surface area (Å²) in [6.45, 7) is 0. The highest BCUT2D eigenvalue weighted by molar-refractivity contribution is 7.14. The molecule has 29 heavy (non-hydrogen) atoms. The Hall–Kier alpha value is -3.77. The number of aromatic nitrogens is 2. The van der Waals surface area contributed by atoms with Gasteiger partial charge in [-0.2, -0.15) is 0 Å². The van der Waals surface area contributed by atoms with E-state index in [0.717, 1.165) is 27.4 Å². The number of rotatable bonds is 3. The molecule has 0 bridgehead atoms. The smallest absolute Gasteiger partial charge is 0.263 e. The van der Waals surface area contributed by atoms with Crippen LogP contribution in [0.1, 0.15) is 10.4 Å². The molecule has 5 rings (SSSR count). The number of benzene rings is 3. The van der Waals surface area contributed by atoms with E-state index in [1.807, 2.05) is 41.8 Å². The number of thiazole rings is 1. The van der Waals surface area contributed by atoms with Crippen LogP contribution in [0.25, 0.3) is 32.9 Å². The molecule has 0 aliphatic rings. The number of hydrogen-bond donors (Lipinski definition) is 2. The van der Waals surface area contributed by atoms with Gasteiger partial charge in [0.15, 0.2) is 5.13 Å². The molecular formula is C23H15N3O2S. The number of amides is 1. The predicted molar refractivity (Wildman–Crippen MR) is 118 cm³/mol. The van der Waals surface area contributed by atoms with Crippen LogP contribution < -0.4 is 10.9 Å². The number of fused-ring (bicyclic) bond motifs is 2. The summed E-state index contributed by atoms with van der Waals surface area (Å²) in [5, 5.41) is 8.18. The lowest BCUT2D eigenvalue weighted by Crippen LogP contribution is -2.22. The summed E-state index contributed by atoms with van der Waals surface area (Å²) >= 11 is 1.33. The number of nitrogens with zero attached hydrogens (tertiary/aromatic N) is 1. The largest absolute Gasteiger partial charge is 0.321 e. The second-order valence-corrected chi connectivity index (χ2v) is 7.51. The van der Waals surface area contributed by atoms with Gasteiger partial charge >= 0.3 is 0 Å². The Kier molecular flexibility index (Phi) is 4.18. The number of aromatic amines is 1. The van der Waals surface area contributed by atoms with Crippen LogP contribution in [-0.2, 0) is 0 Å². The molecule has 3 aromatic carbocycles. The number of carbonyl (C=O) groups excluding carboxylic acids is 1. The van der Waals surface area contributed by atoms with E-state index in [1.165, 1.54) is 11.3 Å². The van der Waals surface area contributed by atoms with Crippen molar-refractivity contribution in [1.82, 2.24) is 9.97 Å². The molecule has 0 fully saturated rings. The van der Waals surface area contributed by atoms with Gasteiger partial charge in [0.2, 0.25) is 0 Å². The third-order valence-corrected chi connectivity index (χ3v) is 5.53. The minimum Gasteiger partial charge on any atom is -0.321 e. The molecule has 2 aromatic heterocycles. The van der Waals surface area contributed by atoms with E-state index in [4.69, 9.17) is 0 Å². The number of pyridine rings is 1. The highest BCUT2D eigenvalue weighted by Gasteiger charge is 2.14. The first-order chi connectivity index (χ1) is 14.2. The summed E-state index contributed by atoms with van der Waals surface area (Å²) < 4.78 is 0. The minimum absolute atomic E-state index is 0.0613. The van der Waals surface area contributed by atoms with Gasteiger partial charge in [0, 0.05) is 16.5 Å². The number of nitrogens with one attached hydrogen (secondary N) is 2. The minimum atomic E-state index is -0.476.